The lowest BCUT2D eigenvalue weighted by atomic mass is 9.65. The van der Waals surface area contributed by atoms with E-state index in [9.17, 15) is 0 Å². The maximum atomic E-state index is 2.72. The van der Waals surface area contributed by atoms with Crippen molar-refractivity contribution in [1.82, 2.24) is 0 Å². The molecule has 0 radical (unpaired) electrons. The zero-order chi connectivity index (χ0) is 26.8. The lowest BCUT2D eigenvalue weighted by molar-refractivity contribution is 0.159. The van der Waals surface area contributed by atoms with Crippen LogP contribution >= 0.6 is 11.8 Å². The topological polar surface area (TPSA) is 0 Å². The van der Waals surface area contributed by atoms with Gasteiger partial charge in [-0.3, -0.25) is 0 Å². The molecule has 0 aromatic heterocycles. The third kappa shape index (κ3) is 17.9. The van der Waals surface area contributed by atoms with Crippen LogP contribution in [0.25, 0.3) is 0 Å². The number of thioether (sulfide) groups is 1. The molecule has 1 heteroatoms. The van der Waals surface area contributed by atoms with Crippen molar-refractivity contribution in [2.45, 2.75) is 168 Å². The summed E-state index contributed by atoms with van der Waals surface area (Å²) in [7, 11) is 0. The fraction of sp³-hybridized carbons (Fsp3) is 0.889. The lowest BCUT2D eigenvalue weighted by Crippen LogP contribution is -2.31. The van der Waals surface area contributed by atoms with Crippen molar-refractivity contribution in [3.63, 3.8) is 0 Å². The Balaban J connectivity index is 2.79. The summed E-state index contributed by atoms with van der Waals surface area (Å²) in [6.07, 6.45) is 45.3. The first-order chi connectivity index (χ1) is 18.3. The first-order valence-electron chi connectivity index (χ1n) is 17.1. The van der Waals surface area contributed by atoms with E-state index in [0.29, 0.717) is 0 Å². The Bertz CT molecular complexity index is 521. The molecule has 0 spiro atoms. The monoisotopic (exact) mass is 533 g/mol. The van der Waals surface area contributed by atoms with Gasteiger partial charge in [0.15, 0.2) is 0 Å². The molecule has 0 fully saturated rings. The molecule has 4 atom stereocenters. The fourth-order valence-electron chi connectivity index (χ4n) is 6.61. The molecule has 1 aliphatic carbocycles. The van der Waals surface area contributed by atoms with Crippen LogP contribution in [0, 0.1) is 23.7 Å². The molecule has 0 amide bonds. The second kappa shape index (κ2) is 26.1. The maximum absolute atomic E-state index is 2.72. The van der Waals surface area contributed by atoms with Gasteiger partial charge in [0, 0.05) is 0 Å². The summed E-state index contributed by atoms with van der Waals surface area (Å²) < 4.78 is 0. The van der Waals surface area contributed by atoms with Crippen molar-refractivity contribution in [2.24, 2.45) is 23.7 Å². The Kier molecular flexibility index (Phi) is 24.6. The van der Waals surface area contributed by atoms with Gasteiger partial charge in [-0.25, -0.2) is 0 Å². The Labute approximate surface area is 239 Å². The van der Waals surface area contributed by atoms with E-state index in [2.05, 4.69) is 51.3 Å². The van der Waals surface area contributed by atoms with Gasteiger partial charge in [0.2, 0.25) is 0 Å². The number of allylic oxidation sites excluding steroid dienone is 4. The first kappa shape index (κ1) is 34.9. The Hall–Kier alpha value is -0.170. The van der Waals surface area contributed by atoms with Crippen molar-refractivity contribution < 1.29 is 0 Å². The molecule has 0 saturated carbocycles. The summed E-state index contributed by atoms with van der Waals surface area (Å²) in [5.41, 5.74) is 0. The van der Waals surface area contributed by atoms with Crippen LogP contribution in [0.1, 0.15) is 168 Å². The highest BCUT2D eigenvalue weighted by Gasteiger charge is 2.34. The Morgan fingerprint density at radius 3 is 1.62 bits per heavy atom. The zero-order valence-corrected chi connectivity index (χ0v) is 26.8. The van der Waals surface area contributed by atoms with Gasteiger partial charge >= 0.3 is 0 Å². The largest absolute Gasteiger partial charge is 0.165 e. The molecule has 0 heterocycles. The zero-order valence-electron chi connectivity index (χ0n) is 26.0. The van der Waals surface area contributed by atoms with Crippen LogP contribution in [0.4, 0.5) is 0 Å². The van der Waals surface area contributed by atoms with Crippen LogP contribution < -0.4 is 0 Å². The van der Waals surface area contributed by atoms with E-state index in [-0.39, 0.29) is 0 Å². The molecule has 37 heavy (non-hydrogen) atoms. The summed E-state index contributed by atoms with van der Waals surface area (Å²) >= 11 is 2.01. The van der Waals surface area contributed by atoms with E-state index in [1.165, 1.54) is 153 Å². The molecule has 0 aromatic carbocycles. The number of rotatable bonds is 26. The van der Waals surface area contributed by atoms with Gasteiger partial charge in [-0.05, 0) is 80.6 Å². The van der Waals surface area contributed by atoms with Gasteiger partial charge in [-0.15, -0.1) is 0 Å². The fourth-order valence-corrected chi connectivity index (χ4v) is 7.10. The van der Waals surface area contributed by atoms with Crippen molar-refractivity contribution in [3.8, 4) is 0 Å². The molecular formula is C36H68S. The average Bonchev–Trinajstić information content (AvgIpc) is 2.91. The standard InChI is InChI=1S/C36H68S/c1-5-8-11-14-17-22-27-34-31-30-33(26-21-13-10-7-3)35(28-23-18-15-12-9-6-2)36(34)29-24-19-16-20-25-32-37-4/h18,23,30-31,33-36H,5-17,19-22,24-29,32H2,1-4H3/b23-18+. The normalized spacial score (nSPS) is 21.8. The quantitative estimate of drug-likeness (QED) is 0.0788. The maximum Gasteiger partial charge on any atom is -0.00703 e. The third-order valence-corrected chi connectivity index (χ3v) is 9.67. The van der Waals surface area contributed by atoms with Crippen LogP contribution in [-0.4, -0.2) is 12.0 Å². The van der Waals surface area contributed by atoms with Gasteiger partial charge < -0.3 is 0 Å². The predicted molar refractivity (Wildman–Crippen MR) is 174 cm³/mol. The molecule has 1 aliphatic rings. The smallest absolute Gasteiger partial charge is 0.00703 e. The highest BCUT2D eigenvalue weighted by molar-refractivity contribution is 7.98. The molecule has 0 nitrogen and oxygen atoms in total. The molecule has 1 rings (SSSR count). The molecule has 0 aliphatic heterocycles. The van der Waals surface area contributed by atoms with Crippen LogP contribution in [-0.2, 0) is 0 Å². The van der Waals surface area contributed by atoms with Crippen LogP contribution in [0.2, 0.25) is 0 Å². The Morgan fingerprint density at radius 2 is 1.00 bits per heavy atom. The molecular weight excluding hydrogens is 464 g/mol. The second-order valence-corrected chi connectivity index (χ2v) is 13.2. The van der Waals surface area contributed by atoms with Crippen molar-refractivity contribution >= 4 is 11.8 Å². The molecule has 0 N–H and O–H groups in total. The van der Waals surface area contributed by atoms with Crippen LogP contribution in [0.3, 0.4) is 0 Å². The first-order valence-corrected chi connectivity index (χ1v) is 18.5. The van der Waals surface area contributed by atoms with E-state index in [1.54, 1.807) is 0 Å². The summed E-state index contributed by atoms with van der Waals surface area (Å²) in [6, 6.07) is 0. The van der Waals surface area contributed by atoms with Crippen molar-refractivity contribution in [2.75, 3.05) is 12.0 Å². The van der Waals surface area contributed by atoms with Gasteiger partial charge in [0.1, 0.15) is 0 Å². The molecule has 0 saturated heterocycles. The van der Waals surface area contributed by atoms with Gasteiger partial charge in [0.25, 0.3) is 0 Å². The molecule has 4 unspecified atom stereocenters. The minimum Gasteiger partial charge on any atom is -0.165 e. The van der Waals surface area contributed by atoms with Crippen molar-refractivity contribution in [1.29, 1.82) is 0 Å². The molecule has 0 bridgehead atoms. The average molecular weight is 533 g/mol. The van der Waals surface area contributed by atoms with Crippen LogP contribution in [0.5, 0.6) is 0 Å². The lowest BCUT2D eigenvalue weighted by Gasteiger charge is -2.40. The molecule has 218 valence electrons. The van der Waals surface area contributed by atoms with E-state index < -0.39 is 0 Å². The predicted octanol–water partition coefficient (Wildman–Crippen LogP) is 13.0. The summed E-state index contributed by atoms with van der Waals surface area (Å²) in [5.74, 6) is 4.82. The summed E-state index contributed by atoms with van der Waals surface area (Å²) in [6.45, 7) is 6.99. The third-order valence-electron chi connectivity index (χ3n) is 8.97. The Morgan fingerprint density at radius 1 is 0.514 bits per heavy atom. The molecule has 0 aromatic rings. The minimum absolute atomic E-state index is 0.824. The van der Waals surface area contributed by atoms with Crippen molar-refractivity contribution in [3.05, 3.63) is 24.3 Å². The van der Waals surface area contributed by atoms with Gasteiger partial charge in [0.05, 0.1) is 0 Å². The van der Waals surface area contributed by atoms with E-state index in [4.69, 9.17) is 0 Å². The van der Waals surface area contributed by atoms with Crippen LogP contribution in [0.15, 0.2) is 24.3 Å². The van der Waals surface area contributed by atoms with E-state index >= 15 is 0 Å². The summed E-state index contributed by atoms with van der Waals surface area (Å²) in [4.78, 5) is 0. The second-order valence-electron chi connectivity index (χ2n) is 12.2. The highest BCUT2D eigenvalue weighted by Crippen LogP contribution is 2.44. The minimum atomic E-state index is 0.824. The highest BCUT2D eigenvalue weighted by atomic mass is 32.2. The number of unbranched alkanes of at least 4 members (excludes halogenated alkanes) is 15. The SMILES string of the molecule is CCCCC/C=C/CC1C(CCCCCC)C=CC(CCCCCCCC)C1CCCCCCCSC. The number of hydrogen-bond donors (Lipinski definition) is 0. The summed E-state index contributed by atoms with van der Waals surface area (Å²) in [5, 5.41) is 0. The van der Waals surface area contributed by atoms with Gasteiger partial charge in [-0.1, -0.05) is 148 Å². The van der Waals surface area contributed by atoms with E-state index in [0.717, 1.165) is 23.7 Å². The van der Waals surface area contributed by atoms with E-state index in [1.807, 2.05) is 11.8 Å². The van der Waals surface area contributed by atoms with Gasteiger partial charge in [-0.2, -0.15) is 11.8 Å². The number of hydrogen-bond acceptors (Lipinski definition) is 1.